The molecule has 0 spiro atoms. The van der Waals surface area contributed by atoms with Crippen molar-refractivity contribution < 1.29 is 4.79 Å². The third-order valence-corrected chi connectivity index (χ3v) is 4.74. The molecule has 1 heterocycles. The van der Waals surface area contributed by atoms with Crippen LogP contribution in [0.2, 0.25) is 15.1 Å². The van der Waals surface area contributed by atoms with Crippen molar-refractivity contribution in [3.8, 4) is 0 Å². The Morgan fingerprint density at radius 3 is 2.64 bits per heavy atom. The molecule has 1 fully saturated rings. The molecular formula is C15H20Cl3N3O. The lowest BCUT2D eigenvalue weighted by Crippen LogP contribution is -2.45. The number of amides is 1. The minimum absolute atomic E-state index is 0.142. The summed E-state index contributed by atoms with van der Waals surface area (Å²) in [6.45, 7) is 4.06. The highest BCUT2D eigenvalue weighted by atomic mass is 35.5. The molecule has 7 heteroatoms. The first-order valence-corrected chi connectivity index (χ1v) is 8.42. The van der Waals surface area contributed by atoms with Crippen LogP contribution in [0.25, 0.3) is 0 Å². The second kappa shape index (κ2) is 7.84. The molecule has 1 aliphatic rings. The summed E-state index contributed by atoms with van der Waals surface area (Å²) in [4.78, 5) is 14.3. The van der Waals surface area contributed by atoms with Crippen molar-refractivity contribution in [3.63, 3.8) is 0 Å². The maximum Gasteiger partial charge on any atom is 0.238 e. The maximum atomic E-state index is 12.2. The molecule has 0 bridgehead atoms. The fraction of sp³-hybridized carbons (Fsp3) is 0.533. The van der Waals surface area contributed by atoms with Gasteiger partial charge in [0.05, 0.1) is 22.3 Å². The smallest absolute Gasteiger partial charge is 0.238 e. The molecule has 0 radical (unpaired) electrons. The summed E-state index contributed by atoms with van der Waals surface area (Å²) < 4.78 is 0. The summed E-state index contributed by atoms with van der Waals surface area (Å²) in [6.07, 6.45) is 2.17. The summed E-state index contributed by atoms with van der Waals surface area (Å²) in [5.74, 6) is 0.292. The van der Waals surface area contributed by atoms with Crippen molar-refractivity contribution in [2.45, 2.75) is 25.8 Å². The molecule has 22 heavy (non-hydrogen) atoms. The third kappa shape index (κ3) is 4.74. The van der Waals surface area contributed by atoms with Gasteiger partial charge in [0.2, 0.25) is 5.91 Å². The maximum absolute atomic E-state index is 12.2. The van der Waals surface area contributed by atoms with Crippen LogP contribution < -0.4 is 11.1 Å². The fourth-order valence-electron chi connectivity index (χ4n) is 2.71. The Labute approximate surface area is 145 Å². The average Bonchev–Trinajstić information content (AvgIpc) is 2.43. The largest absolute Gasteiger partial charge is 0.328 e. The van der Waals surface area contributed by atoms with Gasteiger partial charge in [-0.2, -0.15) is 0 Å². The molecule has 1 saturated heterocycles. The number of nitrogens with zero attached hydrogens (tertiary/aromatic N) is 1. The van der Waals surface area contributed by atoms with Crippen LogP contribution in [-0.4, -0.2) is 36.5 Å². The van der Waals surface area contributed by atoms with Crippen LogP contribution in [0.4, 0.5) is 5.69 Å². The number of benzene rings is 1. The van der Waals surface area contributed by atoms with Crippen LogP contribution in [-0.2, 0) is 4.79 Å². The van der Waals surface area contributed by atoms with Crippen LogP contribution >= 0.6 is 34.8 Å². The number of halogens is 3. The lowest BCUT2D eigenvalue weighted by molar-refractivity contribution is -0.117. The van der Waals surface area contributed by atoms with Crippen LogP contribution in [0.1, 0.15) is 19.8 Å². The molecule has 0 aliphatic carbocycles. The fourth-order valence-corrected chi connectivity index (χ4v) is 3.62. The van der Waals surface area contributed by atoms with Gasteiger partial charge in [0.1, 0.15) is 0 Å². The number of nitrogens with two attached hydrogens (primary N) is 1. The van der Waals surface area contributed by atoms with Crippen molar-refractivity contribution in [1.82, 2.24) is 4.90 Å². The van der Waals surface area contributed by atoms with Gasteiger partial charge >= 0.3 is 0 Å². The molecule has 1 amide bonds. The van der Waals surface area contributed by atoms with Crippen molar-refractivity contribution in [2.75, 3.05) is 25.0 Å². The Morgan fingerprint density at radius 2 is 2.05 bits per heavy atom. The minimum atomic E-state index is -0.142. The van der Waals surface area contributed by atoms with Gasteiger partial charge in [0.25, 0.3) is 0 Å². The molecule has 0 saturated carbocycles. The van der Waals surface area contributed by atoms with Crippen LogP contribution in [0.3, 0.4) is 0 Å². The van der Waals surface area contributed by atoms with Crippen LogP contribution in [0.15, 0.2) is 12.1 Å². The number of nitrogens with one attached hydrogen (secondary N) is 1. The monoisotopic (exact) mass is 363 g/mol. The molecule has 3 N–H and O–H groups in total. The topological polar surface area (TPSA) is 58.4 Å². The molecule has 0 aromatic heterocycles. The predicted molar refractivity (Wildman–Crippen MR) is 92.9 cm³/mol. The molecular weight excluding hydrogens is 345 g/mol. The Hall–Kier alpha value is -0.520. The molecule has 4 nitrogen and oxygen atoms in total. The van der Waals surface area contributed by atoms with Gasteiger partial charge in [-0.1, -0.05) is 34.8 Å². The standard InChI is InChI=1S/C15H20Cl3N3O/c1-9(19)10-3-2-4-21(7-10)8-14(22)20-15-12(17)5-11(16)6-13(15)18/h5-6,9-10H,2-4,7-8,19H2,1H3,(H,20,22). The minimum Gasteiger partial charge on any atom is -0.328 e. The van der Waals surface area contributed by atoms with E-state index in [1.54, 1.807) is 12.1 Å². The SMILES string of the molecule is CC(N)C1CCCN(CC(=O)Nc2c(Cl)cc(Cl)cc2Cl)C1. The Balaban J connectivity index is 1.96. The van der Waals surface area contributed by atoms with Gasteiger partial charge in [0.15, 0.2) is 0 Å². The van der Waals surface area contributed by atoms with Gasteiger partial charge in [-0.25, -0.2) is 0 Å². The highest BCUT2D eigenvalue weighted by Crippen LogP contribution is 2.33. The molecule has 1 aromatic carbocycles. The first kappa shape index (κ1) is 17.8. The van der Waals surface area contributed by atoms with E-state index >= 15 is 0 Å². The van der Waals surface area contributed by atoms with E-state index in [2.05, 4.69) is 10.2 Å². The first-order valence-electron chi connectivity index (χ1n) is 7.29. The number of carbonyl (C=O) groups is 1. The van der Waals surface area contributed by atoms with E-state index in [0.29, 0.717) is 33.2 Å². The van der Waals surface area contributed by atoms with Gasteiger partial charge in [-0.05, 0) is 44.4 Å². The number of hydrogen-bond acceptors (Lipinski definition) is 3. The number of hydrogen-bond donors (Lipinski definition) is 2. The molecule has 2 atom stereocenters. The highest BCUT2D eigenvalue weighted by molar-refractivity contribution is 6.42. The summed E-state index contributed by atoms with van der Waals surface area (Å²) in [5, 5.41) is 3.86. The normalized spacial score (nSPS) is 20.7. The summed E-state index contributed by atoms with van der Waals surface area (Å²) in [5.41, 5.74) is 6.36. The molecule has 2 rings (SSSR count). The predicted octanol–water partition coefficient (Wildman–Crippen LogP) is 3.64. The van der Waals surface area contributed by atoms with E-state index in [0.717, 1.165) is 25.9 Å². The van der Waals surface area contributed by atoms with Gasteiger partial charge < -0.3 is 11.1 Å². The first-order chi connectivity index (χ1) is 10.4. The zero-order valence-electron chi connectivity index (χ0n) is 12.4. The van der Waals surface area contributed by atoms with Gasteiger partial charge in [-0.3, -0.25) is 9.69 Å². The van der Waals surface area contributed by atoms with Crippen molar-refractivity contribution in [3.05, 3.63) is 27.2 Å². The average molecular weight is 365 g/mol. The number of likely N-dealkylation sites (tertiary alicyclic amines) is 1. The van der Waals surface area contributed by atoms with Gasteiger partial charge in [0, 0.05) is 17.6 Å². The van der Waals surface area contributed by atoms with E-state index in [-0.39, 0.29) is 11.9 Å². The zero-order chi connectivity index (χ0) is 16.3. The second-order valence-electron chi connectivity index (χ2n) is 5.79. The summed E-state index contributed by atoms with van der Waals surface area (Å²) in [7, 11) is 0. The third-order valence-electron chi connectivity index (χ3n) is 3.92. The number of anilines is 1. The van der Waals surface area contributed by atoms with E-state index in [1.165, 1.54) is 0 Å². The zero-order valence-corrected chi connectivity index (χ0v) is 14.7. The summed E-state index contributed by atoms with van der Waals surface area (Å²) in [6, 6.07) is 3.25. The molecule has 1 aliphatic heterocycles. The van der Waals surface area contributed by atoms with E-state index in [1.807, 2.05) is 6.92 Å². The van der Waals surface area contributed by atoms with E-state index in [4.69, 9.17) is 40.5 Å². The van der Waals surface area contributed by atoms with Crippen molar-refractivity contribution in [2.24, 2.45) is 11.7 Å². The molecule has 122 valence electrons. The number of rotatable bonds is 4. The highest BCUT2D eigenvalue weighted by Gasteiger charge is 2.24. The number of piperidine rings is 1. The Morgan fingerprint density at radius 1 is 1.41 bits per heavy atom. The molecule has 1 aromatic rings. The van der Waals surface area contributed by atoms with Crippen LogP contribution in [0, 0.1) is 5.92 Å². The van der Waals surface area contributed by atoms with Crippen molar-refractivity contribution >= 4 is 46.4 Å². The lowest BCUT2D eigenvalue weighted by Gasteiger charge is -2.34. The lowest BCUT2D eigenvalue weighted by atomic mass is 9.92. The van der Waals surface area contributed by atoms with Gasteiger partial charge in [-0.15, -0.1) is 0 Å². The molecule has 2 unspecified atom stereocenters. The van der Waals surface area contributed by atoms with Crippen molar-refractivity contribution in [1.29, 1.82) is 0 Å². The quantitative estimate of drug-likeness (QED) is 0.857. The second-order valence-corrected chi connectivity index (χ2v) is 7.04. The number of carbonyl (C=O) groups excluding carboxylic acids is 1. The van der Waals surface area contributed by atoms with Crippen LogP contribution in [0.5, 0.6) is 0 Å². The van der Waals surface area contributed by atoms with E-state index in [9.17, 15) is 4.79 Å². The Bertz CT molecular complexity index is 528. The Kier molecular flexibility index (Phi) is 6.36. The van der Waals surface area contributed by atoms with E-state index < -0.39 is 0 Å². The summed E-state index contributed by atoms with van der Waals surface area (Å²) >= 11 is 18.0.